The number of carbonyl (C=O) groups excluding carboxylic acids is 1. The molecule has 0 unspecified atom stereocenters. The number of nitrogens with two attached hydrogens (primary N) is 2. The number of rotatable bonds is 4. The van der Waals surface area contributed by atoms with E-state index in [1.54, 1.807) is 12.1 Å². The first-order valence-electron chi connectivity index (χ1n) is 4.99. The highest BCUT2D eigenvalue weighted by Crippen LogP contribution is 2.23. The van der Waals surface area contributed by atoms with Crippen molar-refractivity contribution in [2.45, 2.75) is 26.2 Å². The number of benzene rings is 1. The minimum absolute atomic E-state index is 0.505. The van der Waals surface area contributed by atoms with Gasteiger partial charge < -0.3 is 16.2 Å². The molecule has 1 rings (SSSR count). The van der Waals surface area contributed by atoms with Gasteiger partial charge in [0.25, 0.3) is 0 Å². The Hall–Kier alpha value is -1.71. The van der Waals surface area contributed by atoms with E-state index >= 15 is 0 Å². The predicted molar refractivity (Wildman–Crippen MR) is 59.7 cm³/mol. The van der Waals surface area contributed by atoms with Crippen molar-refractivity contribution in [3.63, 3.8) is 0 Å². The van der Waals surface area contributed by atoms with E-state index in [1.807, 2.05) is 6.07 Å². The molecule has 0 heterocycles. The third-order valence-electron chi connectivity index (χ3n) is 2.09. The molecule has 15 heavy (non-hydrogen) atoms. The summed E-state index contributed by atoms with van der Waals surface area (Å²) in [6.07, 6.45) is 2.14. The molecule has 0 aliphatic carbocycles. The van der Waals surface area contributed by atoms with E-state index in [-0.39, 0.29) is 0 Å². The first-order chi connectivity index (χ1) is 7.13. The van der Waals surface area contributed by atoms with Crippen LogP contribution in [0.4, 0.5) is 10.5 Å². The molecule has 0 fully saturated rings. The van der Waals surface area contributed by atoms with Crippen LogP contribution in [0.25, 0.3) is 0 Å². The summed E-state index contributed by atoms with van der Waals surface area (Å²) < 4.78 is 4.88. The van der Waals surface area contributed by atoms with Crippen LogP contribution in [0.2, 0.25) is 0 Å². The lowest BCUT2D eigenvalue weighted by atomic mass is 10.1. The first kappa shape index (κ1) is 11.4. The maximum Gasteiger partial charge on any atom is 0.409 e. The molecule has 0 saturated heterocycles. The smallest absolute Gasteiger partial charge is 0.409 e. The van der Waals surface area contributed by atoms with Gasteiger partial charge in [-0.05, 0) is 36.6 Å². The van der Waals surface area contributed by atoms with Gasteiger partial charge in [0.1, 0.15) is 5.75 Å². The molecule has 0 aliphatic rings. The number of anilines is 1. The van der Waals surface area contributed by atoms with Gasteiger partial charge in [-0.15, -0.1) is 0 Å². The van der Waals surface area contributed by atoms with Gasteiger partial charge in [-0.25, -0.2) is 4.79 Å². The summed E-state index contributed by atoms with van der Waals surface area (Å²) in [6, 6.07) is 5.17. The van der Waals surface area contributed by atoms with E-state index in [4.69, 9.17) is 16.2 Å². The number of primary amides is 1. The molecule has 0 aliphatic heterocycles. The molecule has 1 amide bonds. The van der Waals surface area contributed by atoms with Crippen LogP contribution >= 0.6 is 0 Å². The Morgan fingerprint density at radius 3 is 2.80 bits per heavy atom. The molecule has 0 saturated carbocycles. The largest absolute Gasteiger partial charge is 0.410 e. The lowest BCUT2D eigenvalue weighted by Gasteiger charge is -2.08. The fraction of sp³-hybridized carbons (Fsp3) is 0.364. The molecule has 4 heteroatoms. The fourth-order valence-electron chi connectivity index (χ4n) is 1.37. The van der Waals surface area contributed by atoms with E-state index in [2.05, 4.69) is 6.92 Å². The number of amides is 1. The highest BCUT2D eigenvalue weighted by atomic mass is 16.5. The van der Waals surface area contributed by atoms with Crippen LogP contribution < -0.4 is 16.2 Å². The predicted octanol–water partition coefficient (Wildman–Crippen LogP) is 2.07. The lowest BCUT2D eigenvalue weighted by Crippen LogP contribution is -2.17. The van der Waals surface area contributed by atoms with E-state index in [1.165, 1.54) is 0 Å². The molecule has 82 valence electrons. The lowest BCUT2D eigenvalue weighted by molar-refractivity contribution is 0.210. The number of unbranched alkanes of at least 4 members (excludes halogenated alkanes) is 1. The Labute approximate surface area is 89.2 Å². The van der Waals surface area contributed by atoms with Gasteiger partial charge in [-0.2, -0.15) is 0 Å². The van der Waals surface area contributed by atoms with Crippen molar-refractivity contribution in [2.24, 2.45) is 5.73 Å². The highest BCUT2D eigenvalue weighted by molar-refractivity contribution is 5.69. The second kappa shape index (κ2) is 5.24. The zero-order chi connectivity index (χ0) is 11.3. The Kier molecular flexibility index (Phi) is 3.97. The van der Waals surface area contributed by atoms with Crippen LogP contribution in [0.3, 0.4) is 0 Å². The summed E-state index contributed by atoms with van der Waals surface area (Å²) >= 11 is 0. The average Bonchev–Trinajstić information content (AvgIpc) is 2.18. The average molecular weight is 208 g/mol. The van der Waals surface area contributed by atoms with Gasteiger partial charge in [-0.3, -0.25) is 0 Å². The van der Waals surface area contributed by atoms with Crippen molar-refractivity contribution in [1.82, 2.24) is 0 Å². The monoisotopic (exact) mass is 208 g/mol. The summed E-state index contributed by atoms with van der Waals surface area (Å²) in [5, 5.41) is 0. The van der Waals surface area contributed by atoms with Gasteiger partial charge in [0.15, 0.2) is 0 Å². The van der Waals surface area contributed by atoms with Gasteiger partial charge in [-0.1, -0.05) is 13.3 Å². The molecule has 0 spiro atoms. The topological polar surface area (TPSA) is 78.3 Å². The van der Waals surface area contributed by atoms with Crippen molar-refractivity contribution in [1.29, 1.82) is 0 Å². The van der Waals surface area contributed by atoms with Crippen LogP contribution in [0, 0.1) is 0 Å². The summed E-state index contributed by atoms with van der Waals surface area (Å²) in [5.74, 6) is 0.505. The number of hydrogen-bond donors (Lipinski definition) is 2. The van der Waals surface area contributed by atoms with E-state index < -0.39 is 6.09 Å². The molecule has 1 aromatic rings. The third kappa shape index (κ3) is 3.50. The standard InChI is InChI=1S/C11H16N2O2/c1-2-3-4-8-7-9(12)5-6-10(8)15-11(13)14/h5-7H,2-4,12H2,1H3,(H2,13,14). The van der Waals surface area contributed by atoms with E-state index in [0.29, 0.717) is 11.4 Å². The van der Waals surface area contributed by atoms with Gasteiger partial charge >= 0.3 is 6.09 Å². The Bertz CT molecular complexity index is 350. The molecular weight excluding hydrogens is 192 g/mol. The fourth-order valence-corrected chi connectivity index (χ4v) is 1.37. The Morgan fingerprint density at radius 2 is 2.20 bits per heavy atom. The molecule has 0 aromatic heterocycles. The number of ether oxygens (including phenoxy) is 1. The molecule has 0 bridgehead atoms. The van der Waals surface area contributed by atoms with E-state index in [0.717, 1.165) is 24.8 Å². The number of hydrogen-bond acceptors (Lipinski definition) is 3. The maximum absolute atomic E-state index is 10.6. The SMILES string of the molecule is CCCCc1cc(N)ccc1OC(N)=O. The van der Waals surface area contributed by atoms with Gasteiger partial charge in [0.2, 0.25) is 0 Å². The highest BCUT2D eigenvalue weighted by Gasteiger charge is 2.06. The first-order valence-corrected chi connectivity index (χ1v) is 4.99. The zero-order valence-corrected chi connectivity index (χ0v) is 8.82. The summed E-state index contributed by atoms with van der Waals surface area (Å²) in [6.45, 7) is 2.10. The molecule has 0 radical (unpaired) electrons. The van der Waals surface area contributed by atoms with Crippen molar-refractivity contribution in [3.05, 3.63) is 23.8 Å². The minimum Gasteiger partial charge on any atom is -0.410 e. The Morgan fingerprint density at radius 1 is 1.47 bits per heavy atom. The van der Waals surface area contributed by atoms with Crippen LogP contribution in [0.15, 0.2) is 18.2 Å². The van der Waals surface area contributed by atoms with Crippen molar-refractivity contribution in [3.8, 4) is 5.75 Å². The Balaban J connectivity index is 2.87. The van der Waals surface area contributed by atoms with Gasteiger partial charge in [0.05, 0.1) is 0 Å². The number of nitrogen functional groups attached to an aromatic ring is 1. The summed E-state index contributed by atoms with van der Waals surface area (Å²) in [7, 11) is 0. The van der Waals surface area contributed by atoms with Gasteiger partial charge in [0, 0.05) is 5.69 Å². The van der Waals surface area contributed by atoms with Crippen molar-refractivity contribution < 1.29 is 9.53 Å². The summed E-state index contributed by atoms with van der Waals surface area (Å²) in [5.41, 5.74) is 12.2. The number of carbonyl (C=O) groups is 1. The second-order valence-electron chi connectivity index (χ2n) is 3.39. The molecular formula is C11H16N2O2. The van der Waals surface area contributed by atoms with E-state index in [9.17, 15) is 4.79 Å². The van der Waals surface area contributed by atoms with Crippen molar-refractivity contribution >= 4 is 11.8 Å². The van der Waals surface area contributed by atoms with Crippen molar-refractivity contribution in [2.75, 3.05) is 5.73 Å². The van der Waals surface area contributed by atoms with Crippen LogP contribution in [0.1, 0.15) is 25.3 Å². The normalized spacial score (nSPS) is 9.93. The van der Waals surface area contributed by atoms with Crippen LogP contribution in [-0.4, -0.2) is 6.09 Å². The zero-order valence-electron chi connectivity index (χ0n) is 8.82. The molecule has 1 aromatic carbocycles. The molecule has 0 atom stereocenters. The second-order valence-corrected chi connectivity index (χ2v) is 3.39. The third-order valence-corrected chi connectivity index (χ3v) is 2.09. The van der Waals surface area contributed by atoms with Crippen LogP contribution in [0.5, 0.6) is 5.75 Å². The minimum atomic E-state index is -0.794. The maximum atomic E-state index is 10.6. The molecule has 4 N–H and O–H groups in total. The summed E-state index contributed by atoms with van der Waals surface area (Å²) in [4.78, 5) is 10.6. The molecule has 4 nitrogen and oxygen atoms in total. The number of aryl methyl sites for hydroxylation is 1. The quantitative estimate of drug-likeness (QED) is 0.743. The van der Waals surface area contributed by atoms with Crippen LogP contribution in [-0.2, 0) is 6.42 Å².